The SMILES string of the molecule is O=S(=O)(c1cccc(C(F)(F)F)c1)N1CCC(N2COCc3ccccc32)CC1. The summed E-state index contributed by atoms with van der Waals surface area (Å²) < 4.78 is 71.5. The largest absolute Gasteiger partial charge is 0.416 e. The molecule has 2 aromatic rings. The van der Waals surface area contributed by atoms with Crippen molar-refractivity contribution in [3.63, 3.8) is 0 Å². The summed E-state index contributed by atoms with van der Waals surface area (Å²) in [4.78, 5) is 1.82. The number of piperidine rings is 1. The number of ether oxygens (including phenoxy) is 1. The summed E-state index contributed by atoms with van der Waals surface area (Å²) in [6.45, 7) is 1.50. The van der Waals surface area contributed by atoms with Crippen LogP contribution in [0.2, 0.25) is 0 Å². The van der Waals surface area contributed by atoms with E-state index in [9.17, 15) is 21.6 Å². The molecule has 156 valence electrons. The number of hydrogen-bond acceptors (Lipinski definition) is 4. The number of benzene rings is 2. The third-order valence-electron chi connectivity index (χ3n) is 5.45. The maximum Gasteiger partial charge on any atom is 0.416 e. The number of sulfonamides is 1. The first-order chi connectivity index (χ1) is 13.8. The van der Waals surface area contributed by atoms with Gasteiger partial charge in [-0.2, -0.15) is 17.5 Å². The predicted octanol–water partition coefficient (Wildman–Crippen LogP) is 3.85. The van der Waals surface area contributed by atoms with Gasteiger partial charge in [-0.3, -0.25) is 0 Å². The highest BCUT2D eigenvalue weighted by Crippen LogP contribution is 2.33. The average molecular weight is 426 g/mol. The Morgan fingerprint density at radius 3 is 2.45 bits per heavy atom. The van der Waals surface area contributed by atoms with Gasteiger partial charge >= 0.3 is 6.18 Å². The van der Waals surface area contributed by atoms with Gasteiger partial charge in [0.2, 0.25) is 10.0 Å². The quantitative estimate of drug-likeness (QED) is 0.748. The van der Waals surface area contributed by atoms with Gasteiger partial charge in [0.1, 0.15) is 6.73 Å². The standard InChI is InChI=1S/C20H21F3N2O3S/c21-20(22,23)16-5-3-6-18(12-16)29(26,27)24-10-8-17(9-11-24)25-14-28-13-15-4-1-2-7-19(15)25/h1-7,12,17H,8-11,13-14H2. The molecule has 2 aliphatic heterocycles. The summed E-state index contributed by atoms with van der Waals surface area (Å²) in [6.07, 6.45) is -3.42. The summed E-state index contributed by atoms with van der Waals surface area (Å²) in [5.74, 6) is 0. The Kier molecular flexibility index (Phi) is 5.30. The molecule has 1 saturated heterocycles. The molecule has 0 amide bonds. The molecule has 29 heavy (non-hydrogen) atoms. The second kappa shape index (κ2) is 7.62. The first-order valence-electron chi connectivity index (χ1n) is 9.36. The number of hydrogen-bond donors (Lipinski definition) is 0. The Morgan fingerprint density at radius 1 is 1.00 bits per heavy atom. The fourth-order valence-corrected chi connectivity index (χ4v) is 5.43. The highest BCUT2D eigenvalue weighted by Gasteiger charge is 2.35. The van der Waals surface area contributed by atoms with E-state index >= 15 is 0 Å². The molecule has 4 rings (SSSR count). The van der Waals surface area contributed by atoms with Gasteiger partial charge < -0.3 is 9.64 Å². The van der Waals surface area contributed by atoms with E-state index in [1.54, 1.807) is 0 Å². The summed E-state index contributed by atoms with van der Waals surface area (Å²) in [5.41, 5.74) is 1.23. The molecule has 0 spiro atoms. The molecule has 0 radical (unpaired) electrons. The maximum absolute atomic E-state index is 13.0. The molecule has 0 saturated carbocycles. The van der Waals surface area contributed by atoms with E-state index in [0.29, 0.717) is 32.2 Å². The van der Waals surface area contributed by atoms with Crippen molar-refractivity contribution in [3.05, 3.63) is 59.7 Å². The number of halogens is 3. The normalized spacial score (nSPS) is 19.2. The number of nitrogens with zero attached hydrogens (tertiary/aromatic N) is 2. The predicted molar refractivity (Wildman–Crippen MR) is 102 cm³/mol. The summed E-state index contributed by atoms with van der Waals surface area (Å²) >= 11 is 0. The first-order valence-corrected chi connectivity index (χ1v) is 10.8. The number of alkyl halides is 3. The van der Waals surface area contributed by atoms with E-state index in [2.05, 4.69) is 4.90 Å². The van der Waals surface area contributed by atoms with Gasteiger partial charge in [0, 0.05) is 30.4 Å². The minimum absolute atomic E-state index is 0.115. The molecule has 1 fully saturated rings. The van der Waals surface area contributed by atoms with E-state index < -0.39 is 21.8 Å². The van der Waals surface area contributed by atoms with Crippen LogP contribution in [0.4, 0.5) is 18.9 Å². The lowest BCUT2D eigenvalue weighted by Gasteiger charge is -2.41. The lowest BCUT2D eigenvalue weighted by molar-refractivity contribution is -0.137. The van der Waals surface area contributed by atoms with Gasteiger partial charge in [-0.25, -0.2) is 8.42 Å². The molecule has 2 aliphatic rings. The Hall–Kier alpha value is -2.10. The van der Waals surface area contributed by atoms with Crippen LogP contribution < -0.4 is 4.90 Å². The van der Waals surface area contributed by atoms with E-state index in [0.717, 1.165) is 23.4 Å². The van der Waals surface area contributed by atoms with Gasteiger partial charge in [0.15, 0.2) is 0 Å². The number of rotatable bonds is 3. The van der Waals surface area contributed by atoms with Crippen LogP contribution >= 0.6 is 0 Å². The second-order valence-electron chi connectivity index (χ2n) is 7.24. The van der Waals surface area contributed by atoms with Crippen molar-refractivity contribution >= 4 is 15.7 Å². The van der Waals surface area contributed by atoms with Crippen molar-refractivity contribution in [2.75, 3.05) is 24.7 Å². The Bertz CT molecular complexity index is 986. The smallest absolute Gasteiger partial charge is 0.356 e. The average Bonchev–Trinajstić information content (AvgIpc) is 2.73. The second-order valence-corrected chi connectivity index (χ2v) is 9.17. The zero-order chi connectivity index (χ0) is 20.6. The van der Waals surface area contributed by atoms with E-state index in [4.69, 9.17) is 4.74 Å². The van der Waals surface area contributed by atoms with Gasteiger partial charge in [-0.15, -0.1) is 0 Å². The van der Waals surface area contributed by atoms with Gasteiger partial charge in [0.25, 0.3) is 0 Å². The number of para-hydroxylation sites is 1. The van der Waals surface area contributed by atoms with Crippen LogP contribution in [0.3, 0.4) is 0 Å². The fraction of sp³-hybridized carbons (Fsp3) is 0.400. The van der Waals surface area contributed by atoms with Crippen molar-refractivity contribution in [1.82, 2.24) is 4.31 Å². The molecule has 0 bridgehead atoms. The van der Waals surface area contributed by atoms with E-state index in [1.165, 1.54) is 10.4 Å². The highest BCUT2D eigenvalue weighted by molar-refractivity contribution is 7.89. The molecule has 0 aromatic heterocycles. The van der Waals surface area contributed by atoms with Crippen LogP contribution in [0, 0.1) is 0 Å². The fourth-order valence-electron chi connectivity index (χ4n) is 3.91. The molecule has 2 aromatic carbocycles. The molecule has 5 nitrogen and oxygen atoms in total. The molecular formula is C20H21F3N2O3S. The molecule has 9 heteroatoms. The molecule has 2 heterocycles. The Morgan fingerprint density at radius 2 is 1.72 bits per heavy atom. The summed E-state index contributed by atoms with van der Waals surface area (Å²) in [5, 5.41) is 0. The molecular weight excluding hydrogens is 405 g/mol. The van der Waals surface area contributed by atoms with Gasteiger partial charge in [-0.05, 0) is 37.1 Å². The van der Waals surface area contributed by atoms with E-state index in [-0.39, 0.29) is 24.0 Å². The minimum atomic E-state index is -4.58. The van der Waals surface area contributed by atoms with Crippen molar-refractivity contribution in [2.24, 2.45) is 0 Å². The van der Waals surface area contributed by atoms with Gasteiger partial charge in [0.05, 0.1) is 17.1 Å². The van der Waals surface area contributed by atoms with Crippen LogP contribution in [0.5, 0.6) is 0 Å². The minimum Gasteiger partial charge on any atom is -0.356 e. The topological polar surface area (TPSA) is 49.9 Å². The van der Waals surface area contributed by atoms with Crippen LogP contribution in [-0.2, 0) is 27.5 Å². The molecule has 0 aliphatic carbocycles. The van der Waals surface area contributed by atoms with Crippen LogP contribution in [0.25, 0.3) is 0 Å². The lowest BCUT2D eigenvalue weighted by Crippen LogP contribution is -2.48. The third kappa shape index (κ3) is 3.99. The third-order valence-corrected chi connectivity index (χ3v) is 7.35. The Balaban J connectivity index is 1.49. The zero-order valence-electron chi connectivity index (χ0n) is 15.6. The van der Waals surface area contributed by atoms with Crippen molar-refractivity contribution in [2.45, 2.75) is 36.6 Å². The summed E-state index contributed by atoms with van der Waals surface area (Å²) in [6, 6.07) is 12.0. The van der Waals surface area contributed by atoms with Crippen molar-refractivity contribution in [1.29, 1.82) is 0 Å². The summed E-state index contributed by atoms with van der Waals surface area (Å²) in [7, 11) is -3.98. The van der Waals surface area contributed by atoms with Crippen molar-refractivity contribution < 1.29 is 26.3 Å². The highest BCUT2D eigenvalue weighted by atomic mass is 32.2. The molecule has 0 unspecified atom stereocenters. The molecule has 0 atom stereocenters. The lowest BCUT2D eigenvalue weighted by atomic mass is 10.0. The Labute approximate surface area is 167 Å². The number of fused-ring (bicyclic) bond motifs is 1. The first kappa shape index (κ1) is 20.2. The zero-order valence-corrected chi connectivity index (χ0v) is 16.4. The number of anilines is 1. The van der Waals surface area contributed by atoms with Crippen LogP contribution in [0.15, 0.2) is 53.4 Å². The van der Waals surface area contributed by atoms with E-state index in [1.807, 2.05) is 24.3 Å². The molecule has 0 N–H and O–H groups in total. The van der Waals surface area contributed by atoms with Crippen molar-refractivity contribution in [3.8, 4) is 0 Å². The van der Waals surface area contributed by atoms with Crippen LogP contribution in [0.1, 0.15) is 24.0 Å². The monoisotopic (exact) mass is 426 g/mol. The van der Waals surface area contributed by atoms with Gasteiger partial charge in [-0.1, -0.05) is 24.3 Å². The maximum atomic E-state index is 13.0. The van der Waals surface area contributed by atoms with Crippen LogP contribution in [-0.4, -0.2) is 38.6 Å².